The van der Waals surface area contributed by atoms with E-state index in [2.05, 4.69) is 5.32 Å². The first-order valence-electron chi connectivity index (χ1n) is 9.06. The molecule has 1 amide bonds. The Balaban J connectivity index is 1.78. The molecule has 7 heteroatoms. The third-order valence-electron chi connectivity index (χ3n) is 5.09. The molecule has 0 spiro atoms. The van der Waals surface area contributed by atoms with Gasteiger partial charge in [0.15, 0.2) is 23.0 Å². The van der Waals surface area contributed by atoms with Gasteiger partial charge in [-0.2, -0.15) is 0 Å². The molecular weight excluding hydrogens is 390 g/mol. The number of hydrogen-bond acceptors (Lipinski definition) is 6. The third kappa shape index (κ3) is 3.38. The van der Waals surface area contributed by atoms with Gasteiger partial charge in [0.2, 0.25) is 5.91 Å². The van der Waals surface area contributed by atoms with Crippen molar-refractivity contribution in [1.29, 1.82) is 0 Å². The van der Waals surface area contributed by atoms with Crippen molar-refractivity contribution >= 4 is 22.9 Å². The van der Waals surface area contributed by atoms with E-state index in [1.165, 1.54) is 7.11 Å². The maximum atomic E-state index is 12.5. The fourth-order valence-electron chi connectivity index (χ4n) is 3.64. The molecule has 6 nitrogen and oxygen atoms in total. The maximum Gasteiger partial charge on any atom is 0.225 e. The molecule has 29 heavy (non-hydrogen) atoms. The Bertz CT molecular complexity index is 1080. The van der Waals surface area contributed by atoms with Gasteiger partial charge >= 0.3 is 0 Å². The standard InChI is InChI=1S/C22H21NO5S/c1-26-17-6-4-12(8-16(17)24)14-10-20(25)23-21-15(11-29-22(14)21)13-5-7-18(27-2)19(9-13)28-3/h4-9,11,14,24H,10H2,1-3H3,(H,23,25)/t14-/m1/s1. The van der Waals surface area contributed by atoms with Crippen LogP contribution in [0.15, 0.2) is 41.8 Å². The minimum atomic E-state index is -0.130. The molecule has 0 saturated heterocycles. The van der Waals surface area contributed by atoms with Crippen LogP contribution in [0.5, 0.6) is 23.0 Å². The second-order valence-electron chi connectivity index (χ2n) is 6.69. The number of phenols is 1. The van der Waals surface area contributed by atoms with Gasteiger partial charge in [0.25, 0.3) is 0 Å². The van der Waals surface area contributed by atoms with E-state index >= 15 is 0 Å². The Morgan fingerprint density at radius 2 is 1.72 bits per heavy atom. The van der Waals surface area contributed by atoms with E-state index in [1.807, 2.05) is 29.6 Å². The van der Waals surface area contributed by atoms with Crippen LogP contribution in [0.1, 0.15) is 22.8 Å². The predicted molar refractivity (Wildman–Crippen MR) is 113 cm³/mol. The monoisotopic (exact) mass is 411 g/mol. The van der Waals surface area contributed by atoms with Crippen LogP contribution in [-0.4, -0.2) is 32.3 Å². The van der Waals surface area contributed by atoms with Crippen molar-refractivity contribution in [3.05, 3.63) is 52.2 Å². The molecule has 0 fully saturated rings. The number of fused-ring (bicyclic) bond motifs is 1. The van der Waals surface area contributed by atoms with Crippen molar-refractivity contribution in [3.8, 4) is 34.1 Å². The Morgan fingerprint density at radius 1 is 1.00 bits per heavy atom. The lowest BCUT2D eigenvalue weighted by Gasteiger charge is -2.24. The highest BCUT2D eigenvalue weighted by Gasteiger charge is 2.31. The molecule has 2 aromatic carbocycles. The largest absolute Gasteiger partial charge is 0.504 e. The van der Waals surface area contributed by atoms with E-state index < -0.39 is 0 Å². The van der Waals surface area contributed by atoms with Crippen LogP contribution in [0.25, 0.3) is 11.1 Å². The molecule has 2 N–H and O–H groups in total. The molecule has 1 atom stereocenters. The molecule has 3 aromatic rings. The first kappa shape index (κ1) is 19.1. The van der Waals surface area contributed by atoms with Crippen LogP contribution >= 0.6 is 11.3 Å². The van der Waals surface area contributed by atoms with Gasteiger partial charge in [0.05, 0.1) is 27.0 Å². The summed E-state index contributed by atoms with van der Waals surface area (Å²) in [5.41, 5.74) is 3.54. The number of rotatable bonds is 5. The van der Waals surface area contributed by atoms with Crippen molar-refractivity contribution in [2.45, 2.75) is 12.3 Å². The highest BCUT2D eigenvalue weighted by atomic mass is 32.1. The van der Waals surface area contributed by atoms with E-state index in [0.717, 1.165) is 27.3 Å². The Hall–Kier alpha value is -3.19. The quantitative estimate of drug-likeness (QED) is 0.641. The van der Waals surface area contributed by atoms with Crippen LogP contribution in [0.4, 0.5) is 5.69 Å². The molecule has 150 valence electrons. The predicted octanol–water partition coefficient (Wildman–Crippen LogP) is 4.62. The normalized spacial score (nSPS) is 15.4. The van der Waals surface area contributed by atoms with Gasteiger partial charge in [-0.05, 0) is 35.4 Å². The Morgan fingerprint density at radius 3 is 2.41 bits per heavy atom. The van der Waals surface area contributed by atoms with E-state index in [9.17, 15) is 9.90 Å². The minimum absolute atomic E-state index is 0.0575. The molecule has 0 bridgehead atoms. The summed E-state index contributed by atoms with van der Waals surface area (Å²) < 4.78 is 15.9. The number of phenolic OH excluding ortho intramolecular Hbond substituents is 1. The topological polar surface area (TPSA) is 77.0 Å². The molecule has 0 radical (unpaired) electrons. The summed E-state index contributed by atoms with van der Waals surface area (Å²) in [5, 5.41) is 15.2. The van der Waals surface area contributed by atoms with Gasteiger partial charge in [-0.3, -0.25) is 4.79 Å². The van der Waals surface area contributed by atoms with Crippen LogP contribution in [0.3, 0.4) is 0 Å². The summed E-state index contributed by atoms with van der Waals surface area (Å²) in [7, 11) is 4.70. The van der Waals surface area contributed by atoms with Gasteiger partial charge in [-0.15, -0.1) is 11.3 Å². The lowest BCUT2D eigenvalue weighted by Crippen LogP contribution is -2.22. The molecule has 4 rings (SSSR count). The number of aromatic hydroxyl groups is 1. The summed E-state index contributed by atoms with van der Waals surface area (Å²) in [6.45, 7) is 0. The zero-order valence-corrected chi connectivity index (χ0v) is 17.1. The minimum Gasteiger partial charge on any atom is -0.504 e. The summed E-state index contributed by atoms with van der Waals surface area (Å²) in [6, 6.07) is 11.0. The number of thiophene rings is 1. The average Bonchev–Trinajstić information content (AvgIpc) is 3.16. The smallest absolute Gasteiger partial charge is 0.225 e. The summed E-state index contributed by atoms with van der Waals surface area (Å²) >= 11 is 1.59. The number of carbonyl (C=O) groups is 1. The van der Waals surface area contributed by atoms with Crippen LogP contribution in [0.2, 0.25) is 0 Å². The van der Waals surface area contributed by atoms with E-state index in [-0.39, 0.29) is 17.6 Å². The third-order valence-corrected chi connectivity index (χ3v) is 6.19. The summed E-state index contributed by atoms with van der Waals surface area (Å²) in [5.74, 6) is 1.56. The molecule has 1 aliphatic heterocycles. The molecule has 2 heterocycles. The molecule has 1 aromatic heterocycles. The fourth-order valence-corrected chi connectivity index (χ4v) is 4.80. The zero-order chi connectivity index (χ0) is 20.5. The number of benzene rings is 2. The van der Waals surface area contributed by atoms with Gasteiger partial charge in [0.1, 0.15) is 0 Å². The SMILES string of the molecule is COc1ccc([C@H]2CC(=O)Nc3c(-c4ccc(OC)c(OC)c4)csc32)cc1O. The van der Waals surface area contributed by atoms with Crippen LogP contribution < -0.4 is 19.5 Å². The van der Waals surface area contributed by atoms with Crippen LogP contribution in [-0.2, 0) is 4.79 Å². The number of methoxy groups -OCH3 is 3. The zero-order valence-electron chi connectivity index (χ0n) is 16.3. The number of anilines is 1. The van der Waals surface area contributed by atoms with Crippen molar-refractivity contribution in [1.82, 2.24) is 0 Å². The highest BCUT2D eigenvalue weighted by molar-refractivity contribution is 7.11. The number of ether oxygens (including phenoxy) is 3. The summed E-state index contributed by atoms with van der Waals surface area (Å²) in [4.78, 5) is 13.5. The van der Waals surface area contributed by atoms with Gasteiger partial charge in [-0.1, -0.05) is 12.1 Å². The van der Waals surface area contributed by atoms with Gasteiger partial charge in [0, 0.05) is 28.2 Å². The lowest BCUT2D eigenvalue weighted by molar-refractivity contribution is -0.116. The Kier molecular flexibility index (Phi) is 5.07. The second-order valence-corrected chi connectivity index (χ2v) is 7.61. The van der Waals surface area contributed by atoms with Gasteiger partial charge < -0.3 is 24.6 Å². The lowest BCUT2D eigenvalue weighted by atomic mass is 9.89. The summed E-state index contributed by atoms with van der Waals surface area (Å²) in [6.07, 6.45) is 0.324. The fraction of sp³-hybridized carbons (Fsp3) is 0.227. The van der Waals surface area contributed by atoms with E-state index in [1.54, 1.807) is 37.7 Å². The second kappa shape index (κ2) is 7.67. The average molecular weight is 411 g/mol. The van der Waals surface area contributed by atoms with Crippen molar-refractivity contribution in [2.24, 2.45) is 0 Å². The maximum absolute atomic E-state index is 12.5. The molecular formula is C22H21NO5S. The molecule has 0 saturated carbocycles. The number of nitrogens with one attached hydrogen (secondary N) is 1. The number of amides is 1. The van der Waals surface area contributed by atoms with E-state index in [4.69, 9.17) is 14.2 Å². The Labute approximate surface area is 172 Å². The molecule has 1 aliphatic rings. The first-order valence-corrected chi connectivity index (χ1v) is 9.94. The van der Waals surface area contributed by atoms with Crippen molar-refractivity contribution in [2.75, 3.05) is 26.6 Å². The first-order chi connectivity index (χ1) is 14.0. The van der Waals surface area contributed by atoms with Crippen molar-refractivity contribution in [3.63, 3.8) is 0 Å². The van der Waals surface area contributed by atoms with E-state index in [0.29, 0.717) is 23.7 Å². The van der Waals surface area contributed by atoms with Gasteiger partial charge in [-0.25, -0.2) is 0 Å². The molecule has 0 aliphatic carbocycles. The van der Waals surface area contributed by atoms with Crippen molar-refractivity contribution < 1.29 is 24.1 Å². The highest BCUT2D eigenvalue weighted by Crippen LogP contribution is 2.48. The van der Waals surface area contributed by atoms with Crippen LogP contribution in [0, 0.1) is 0 Å². The number of hydrogen-bond donors (Lipinski definition) is 2. The number of carbonyl (C=O) groups excluding carboxylic acids is 1. The molecule has 0 unspecified atom stereocenters.